The predicted molar refractivity (Wildman–Crippen MR) is 78.8 cm³/mol. The number of carbonyl (C=O) groups excluding carboxylic acids is 1. The van der Waals surface area contributed by atoms with Crippen LogP contribution in [0.1, 0.15) is 30.1 Å². The summed E-state index contributed by atoms with van der Waals surface area (Å²) in [4.78, 5) is 22.4. The lowest BCUT2D eigenvalue weighted by molar-refractivity contribution is -0.385. The van der Waals surface area contributed by atoms with E-state index in [1.165, 1.54) is 12.1 Å². The van der Waals surface area contributed by atoms with Crippen LogP contribution in [0.15, 0.2) is 22.7 Å². The Hall–Kier alpha value is -1.47. The topological polar surface area (TPSA) is 81.5 Å². The largest absolute Gasteiger partial charge is 0.383 e. The summed E-state index contributed by atoms with van der Waals surface area (Å²) in [6.07, 6.45) is 1.70. The smallest absolute Gasteiger partial charge is 0.284 e. The summed E-state index contributed by atoms with van der Waals surface area (Å²) < 4.78 is 5.39. The monoisotopic (exact) mass is 344 g/mol. The van der Waals surface area contributed by atoms with Crippen molar-refractivity contribution in [3.63, 3.8) is 0 Å². The molecule has 0 saturated carbocycles. The van der Waals surface area contributed by atoms with Crippen LogP contribution in [0.25, 0.3) is 0 Å². The summed E-state index contributed by atoms with van der Waals surface area (Å²) in [5.74, 6) is -0.337. The molecule has 0 aliphatic rings. The van der Waals surface area contributed by atoms with Crippen LogP contribution in [-0.4, -0.2) is 30.6 Å². The number of amides is 1. The zero-order chi connectivity index (χ0) is 15.1. The van der Waals surface area contributed by atoms with Crippen LogP contribution in [0, 0.1) is 10.1 Å². The molecule has 1 aromatic rings. The normalized spacial score (nSPS) is 11.9. The van der Waals surface area contributed by atoms with Crippen molar-refractivity contribution in [1.82, 2.24) is 5.32 Å². The number of carbonyl (C=O) groups is 1. The van der Waals surface area contributed by atoms with Crippen molar-refractivity contribution in [3.05, 3.63) is 38.3 Å². The number of methoxy groups -OCH3 is 1. The predicted octanol–water partition coefficient (Wildman–Crippen LogP) is 2.90. The van der Waals surface area contributed by atoms with Gasteiger partial charge in [0.25, 0.3) is 11.6 Å². The fraction of sp³-hybridized carbons (Fsp3) is 0.462. The van der Waals surface area contributed by atoms with E-state index in [1.807, 2.05) is 6.92 Å². The summed E-state index contributed by atoms with van der Waals surface area (Å²) in [6, 6.07) is 4.20. The van der Waals surface area contributed by atoms with E-state index >= 15 is 0 Å². The quantitative estimate of drug-likeness (QED) is 0.609. The maximum Gasteiger partial charge on any atom is 0.284 e. The Morgan fingerprint density at radius 3 is 2.80 bits per heavy atom. The molecule has 1 N–H and O–H groups in total. The lowest BCUT2D eigenvalue weighted by Crippen LogP contribution is -2.37. The van der Waals surface area contributed by atoms with E-state index in [9.17, 15) is 14.9 Å². The van der Waals surface area contributed by atoms with Gasteiger partial charge >= 0.3 is 0 Å². The second-order valence-corrected chi connectivity index (χ2v) is 5.19. The number of nitro benzene ring substituents is 1. The first-order valence-corrected chi connectivity index (χ1v) is 7.02. The van der Waals surface area contributed by atoms with Crippen molar-refractivity contribution in [2.24, 2.45) is 0 Å². The van der Waals surface area contributed by atoms with Crippen LogP contribution in [0.4, 0.5) is 5.69 Å². The van der Waals surface area contributed by atoms with Gasteiger partial charge in [-0.15, -0.1) is 0 Å². The highest BCUT2D eigenvalue weighted by molar-refractivity contribution is 9.10. The van der Waals surface area contributed by atoms with Crippen molar-refractivity contribution in [2.45, 2.75) is 25.8 Å². The zero-order valence-corrected chi connectivity index (χ0v) is 13.0. The molecule has 0 aliphatic carbocycles. The Morgan fingerprint density at radius 2 is 2.25 bits per heavy atom. The van der Waals surface area contributed by atoms with Gasteiger partial charge < -0.3 is 10.1 Å². The van der Waals surface area contributed by atoms with Crippen LogP contribution < -0.4 is 5.32 Å². The van der Waals surface area contributed by atoms with Gasteiger partial charge in [-0.05, 0) is 34.5 Å². The molecule has 0 fully saturated rings. The van der Waals surface area contributed by atoms with Crippen LogP contribution in [0.5, 0.6) is 0 Å². The number of hydrogen-bond donors (Lipinski definition) is 1. The van der Waals surface area contributed by atoms with Gasteiger partial charge in [0, 0.05) is 18.7 Å². The second kappa shape index (κ2) is 7.96. The van der Waals surface area contributed by atoms with Crippen LogP contribution in [0.2, 0.25) is 0 Å². The molecule has 1 aromatic carbocycles. The average Bonchev–Trinajstić information content (AvgIpc) is 2.39. The van der Waals surface area contributed by atoms with Crippen molar-refractivity contribution >= 4 is 27.5 Å². The highest BCUT2D eigenvalue weighted by Crippen LogP contribution is 2.25. The van der Waals surface area contributed by atoms with Crippen molar-refractivity contribution in [3.8, 4) is 0 Å². The first kappa shape index (κ1) is 16.6. The molecular formula is C13H17BrN2O4. The Bertz CT molecular complexity index is 487. The molecule has 20 heavy (non-hydrogen) atoms. The number of hydrogen-bond acceptors (Lipinski definition) is 4. The molecule has 0 saturated heterocycles. The molecular weight excluding hydrogens is 328 g/mol. The standard InChI is InChI=1S/C13H17BrN2O4/c1-3-4-10(8-20-2)15-13(17)9-5-6-11(14)12(7-9)16(18)19/h5-7,10H,3-4,8H2,1-2H3,(H,15,17). The van der Waals surface area contributed by atoms with E-state index in [2.05, 4.69) is 21.2 Å². The highest BCUT2D eigenvalue weighted by Gasteiger charge is 2.18. The third kappa shape index (κ3) is 4.57. The fourth-order valence-electron chi connectivity index (χ4n) is 1.81. The molecule has 0 radical (unpaired) electrons. The Balaban J connectivity index is 2.86. The summed E-state index contributed by atoms with van der Waals surface area (Å²) in [5, 5.41) is 13.7. The minimum Gasteiger partial charge on any atom is -0.383 e. The van der Waals surface area contributed by atoms with Crippen LogP contribution in [-0.2, 0) is 4.74 Å². The van der Waals surface area contributed by atoms with E-state index in [4.69, 9.17) is 4.74 Å². The number of ether oxygens (including phenoxy) is 1. The maximum absolute atomic E-state index is 12.1. The molecule has 1 rings (SSSR count). The fourth-order valence-corrected chi connectivity index (χ4v) is 2.20. The number of benzene rings is 1. The van der Waals surface area contributed by atoms with E-state index in [-0.39, 0.29) is 23.2 Å². The molecule has 0 heterocycles. The molecule has 1 atom stereocenters. The third-order valence-corrected chi connectivity index (χ3v) is 3.42. The highest BCUT2D eigenvalue weighted by atomic mass is 79.9. The van der Waals surface area contributed by atoms with E-state index in [1.54, 1.807) is 13.2 Å². The van der Waals surface area contributed by atoms with Gasteiger partial charge in [0.15, 0.2) is 0 Å². The molecule has 6 nitrogen and oxygen atoms in total. The van der Waals surface area contributed by atoms with Gasteiger partial charge in [-0.1, -0.05) is 13.3 Å². The molecule has 7 heteroatoms. The number of nitrogens with one attached hydrogen (secondary N) is 1. The molecule has 1 amide bonds. The molecule has 110 valence electrons. The van der Waals surface area contributed by atoms with E-state index in [0.29, 0.717) is 11.1 Å². The lowest BCUT2D eigenvalue weighted by Gasteiger charge is -2.17. The summed E-state index contributed by atoms with van der Waals surface area (Å²) in [5.41, 5.74) is 0.133. The summed E-state index contributed by atoms with van der Waals surface area (Å²) in [7, 11) is 1.57. The molecule has 0 aromatic heterocycles. The molecule has 0 spiro atoms. The molecule has 0 aliphatic heterocycles. The minimum atomic E-state index is -0.528. The second-order valence-electron chi connectivity index (χ2n) is 4.34. The van der Waals surface area contributed by atoms with Gasteiger partial charge in [-0.3, -0.25) is 14.9 Å². The van der Waals surface area contributed by atoms with Crippen molar-refractivity contribution < 1.29 is 14.5 Å². The van der Waals surface area contributed by atoms with Crippen molar-refractivity contribution in [2.75, 3.05) is 13.7 Å². The third-order valence-electron chi connectivity index (χ3n) is 2.75. The number of rotatable bonds is 7. The summed E-state index contributed by atoms with van der Waals surface area (Å²) >= 11 is 3.09. The average molecular weight is 345 g/mol. The SMILES string of the molecule is CCCC(COC)NC(=O)c1ccc(Br)c([N+](=O)[O-])c1. The Labute approximate surface area is 125 Å². The number of nitrogens with zero attached hydrogens (tertiary/aromatic N) is 1. The van der Waals surface area contributed by atoms with Gasteiger partial charge in [-0.25, -0.2) is 0 Å². The summed E-state index contributed by atoms with van der Waals surface area (Å²) in [6.45, 7) is 2.43. The van der Waals surface area contributed by atoms with E-state index in [0.717, 1.165) is 12.8 Å². The number of halogens is 1. The molecule has 1 unspecified atom stereocenters. The van der Waals surface area contributed by atoms with Crippen LogP contribution >= 0.6 is 15.9 Å². The molecule has 0 bridgehead atoms. The van der Waals surface area contributed by atoms with E-state index < -0.39 is 4.92 Å². The van der Waals surface area contributed by atoms with Gasteiger partial charge in [0.2, 0.25) is 0 Å². The zero-order valence-electron chi connectivity index (χ0n) is 11.4. The van der Waals surface area contributed by atoms with Gasteiger partial charge in [-0.2, -0.15) is 0 Å². The van der Waals surface area contributed by atoms with Gasteiger partial charge in [0.05, 0.1) is 22.0 Å². The van der Waals surface area contributed by atoms with Gasteiger partial charge in [0.1, 0.15) is 0 Å². The Morgan fingerprint density at radius 1 is 1.55 bits per heavy atom. The number of nitro groups is 1. The maximum atomic E-state index is 12.1. The Kier molecular flexibility index (Phi) is 6.60. The minimum absolute atomic E-state index is 0.0970. The lowest BCUT2D eigenvalue weighted by atomic mass is 10.1. The first-order valence-electron chi connectivity index (χ1n) is 6.23. The van der Waals surface area contributed by atoms with Crippen LogP contribution in [0.3, 0.4) is 0 Å². The van der Waals surface area contributed by atoms with Crippen molar-refractivity contribution in [1.29, 1.82) is 0 Å². The first-order chi connectivity index (χ1) is 9.49.